The van der Waals surface area contributed by atoms with Gasteiger partial charge in [0.15, 0.2) is 0 Å². The second-order valence-electron chi connectivity index (χ2n) is 8.10. The molecular formula is C27H21Cl2N3O2S. The first-order chi connectivity index (χ1) is 16.8. The van der Waals surface area contributed by atoms with E-state index >= 15 is 0 Å². The molecule has 0 aliphatic carbocycles. The van der Waals surface area contributed by atoms with E-state index in [2.05, 4.69) is 5.32 Å². The van der Waals surface area contributed by atoms with Crippen LogP contribution in [0.5, 0.6) is 0 Å². The number of halogens is 2. The van der Waals surface area contributed by atoms with E-state index in [-0.39, 0.29) is 11.5 Å². The molecule has 1 saturated heterocycles. The zero-order chi connectivity index (χ0) is 25.1. The molecule has 0 bridgehead atoms. The van der Waals surface area contributed by atoms with Crippen molar-refractivity contribution in [1.29, 1.82) is 5.26 Å². The molecule has 35 heavy (non-hydrogen) atoms. The molecule has 1 aliphatic heterocycles. The number of hydrogen-bond donors (Lipinski definition) is 1. The van der Waals surface area contributed by atoms with Crippen molar-refractivity contribution >= 4 is 58.2 Å². The first-order valence-electron chi connectivity index (χ1n) is 10.8. The van der Waals surface area contributed by atoms with Crippen molar-refractivity contribution < 1.29 is 9.59 Å². The number of carbonyl (C=O) groups is 2. The summed E-state index contributed by atoms with van der Waals surface area (Å²) in [4.78, 5) is 28.3. The maximum atomic E-state index is 13.7. The van der Waals surface area contributed by atoms with Gasteiger partial charge < -0.3 is 5.32 Å². The Morgan fingerprint density at radius 1 is 1.06 bits per heavy atom. The Balaban J connectivity index is 1.76. The fraction of sp³-hybridized carbons (Fsp3) is 0.148. The minimum Gasteiger partial charge on any atom is -0.321 e. The number of nitriles is 1. The lowest BCUT2D eigenvalue weighted by Crippen LogP contribution is -2.31. The first-order valence-corrected chi connectivity index (χ1v) is 12.4. The molecule has 3 aromatic carbocycles. The Morgan fingerprint density at radius 3 is 2.46 bits per heavy atom. The maximum absolute atomic E-state index is 13.7. The smallest absolute Gasteiger partial charge is 0.269 e. The molecule has 1 unspecified atom stereocenters. The Labute approximate surface area is 218 Å². The van der Waals surface area contributed by atoms with Crippen LogP contribution in [0.3, 0.4) is 0 Å². The third kappa shape index (κ3) is 5.23. The summed E-state index contributed by atoms with van der Waals surface area (Å²) in [5, 5.41) is 13.3. The van der Waals surface area contributed by atoms with Gasteiger partial charge in [0.1, 0.15) is 16.7 Å². The minimum atomic E-state index is -0.587. The molecule has 1 fully saturated rings. The normalized spacial score (nSPS) is 16.7. The van der Waals surface area contributed by atoms with E-state index in [9.17, 15) is 14.9 Å². The van der Waals surface area contributed by atoms with E-state index in [0.717, 1.165) is 16.7 Å². The Hall–Kier alpha value is -3.24. The predicted octanol–water partition coefficient (Wildman–Crippen LogP) is 6.68. The summed E-state index contributed by atoms with van der Waals surface area (Å²) < 4.78 is 0. The van der Waals surface area contributed by atoms with Gasteiger partial charge in [0.2, 0.25) is 5.91 Å². The third-order valence-electron chi connectivity index (χ3n) is 5.61. The van der Waals surface area contributed by atoms with E-state index in [0.29, 0.717) is 32.9 Å². The molecule has 1 aliphatic rings. The van der Waals surface area contributed by atoms with Gasteiger partial charge in [-0.25, -0.2) is 0 Å². The fourth-order valence-electron chi connectivity index (χ4n) is 3.76. The number of amides is 2. The monoisotopic (exact) mass is 521 g/mol. The number of thioether (sulfide) groups is 1. The standard InChI is InChI=1S/C27H21Cl2N3O2S/c1-16-10-12-19(13-11-16)31-25(33)20(15-30)27-32(22-9-4-3-6-17(22)2)26(34)23(35-27)14-18-7-5-8-21(28)24(18)29/h3-13,23H,14H2,1-2H3,(H,31,33)/b27-20-. The number of nitrogens with zero attached hydrogens (tertiary/aromatic N) is 2. The topological polar surface area (TPSA) is 73.2 Å². The van der Waals surface area contributed by atoms with Crippen molar-refractivity contribution in [2.24, 2.45) is 0 Å². The Bertz CT molecular complexity index is 1380. The summed E-state index contributed by atoms with van der Waals surface area (Å²) in [6.45, 7) is 3.83. The van der Waals surface area contributed by atoms with Crippen molar-refractivity contribution in [1.82, 2.24) is 0 Å². The lowest BCUT2D eigenvalue weighted by atomic mass is 10.1. The Kier molecular flexibility index (Phi) is 7.51. The number of carbonyl (C=O) groups excluding carboxylic acids is 2. The maximum Gasteiger partial charge on any atom is 0.269 e. The van der Waals surface area contributed by atoms with Crippen LogP contribution in [-0.4, -0.2) is 17.1 Å². The zero-order valence-electron chi connectivity index (χ0n) is 19.0. The van der Waals surface area contributed by atoms with Crippen LogP contribution in [0.1, 0.15) is 16.7 Å². The molecule has 3 aromatic rings. The highest BCUT2D eigenvalue weighted by atomic mass is 35.5. The second-order valence-corrected chi connectivity index (χ2v) is 10.1. The van der Waals surface area contributed by atoms with Crippen LogP contribution in [0.25, 0.3) is 0 Å². The number of para-hydroxylation sites is 1. The number of benzene rings is 3. The van der Waals surface area contributed by atoms with Gasteiger partial charge in [-0.15, -0.1) is 0 Å². The summed E-state index contributed by atoms with van der Waals surface area (Å²) in [6.07, 6.45) is 0.299. The highest BCUT2D eigenvalue weighted by Crippen LogP contribution is 2.43. The summed E-state index contributed by atoms with van der Waals surface area (Å²) in [6, 6.07) is 21.9. The largest absolute Gasteiger partial charge is 0.321 e. The number of nitrogens with one attached hydrogen (secondary N) is 1. The van der Waals surface area contributed by atoms with E-state index < -0.39 is 11.2 Å². The lowest BCUT2D eigenvalue weighted by Gasteiger charge is -2.20. The molecule has 0 radical (unpaired) electrons. The van der Waals surface area contributed by atoms with E-state index in [1.807, 2.05) is 56.3 Å². The summed E-state index contributed by atoms with van der Waals surface area (Å²) in [7, 11) is 0. The quantitative estimate of drug-likeness (QED) is 0.300. The van der Waals surface area contributed by atoms with Gasteiger partial charge in [0.05, 0.1) is 21.0 Å². The molecule has 176 valence electrons. The molecule has 1 atom stereocenters. The summed E-state index contributed by atoms with van der Waals surface area (Å²) >= 11 is 13.7. The molecule has 5 nitrogen and oxygen atoms in total. The predicted molar refractivity (Wildman–Crippen MR) is 143 cm³/mol. The van der Waals surface area contributed by atoms with Crippen molar-refractivity contribution in [2.45, 2.75) is 25.5 Å². The van der Waals surface area contributed by atoms with Crippen molar-refractivity contribution in [3.05, 3.63) is 104 Å². The molecule has 0 aromatic heterocycles. The van der Waals surface area contributed by atoms with Crippen LogP contribution in [0.15, 0.2) is 77.3 Å². The highest BCUT2D eigenvalue weighted by molar-refractivity contribution is 8.05. The van der Waals surface area contributed by atoms with Crippen molar-refractivity contribution in [3.63, 3.8) is 0 Å². The molecule has 1 heterocycles. The Morgan fingerprint density at radius 2 is 1.77 bits per heavy atom. The van der Waals surface area contributed by atoms with Crippen LogP contribution in [0, 0.1) is 25.2 Å². The van der Waals surface area contributed by atoms with Crippen molar-refractivity contribution in [2.75, 3.05) is 10.2 Å². The van der Waals surface area contributed by atoms with Gasteiger partial charge in [0, 0.05) is 5.69 Å². The van der Waals surface area contributed by atoms with Crippen LogP contribution < -0.4 is 10.2 Å². The number of anilines is 2. The van der Waals surface area contributed by atoms with E-state index in [1.165, 1.54) is 16.7 Å². The van der Waals surface area contributed by atoms with E-state index in [4.69, 9.17) is 23.2 Å². The van der Waals surface area contributed by atoms with Gasteiger partial charge in [0.25, 0.3) is 5.91 Å². The van der Waals surface area contributed by atoms with Crippen molar-refractivity contribution in [3.8, 4) is 6.07 Å². The third-order valence-corrected chi connectivity index (χ3v) is 7.73. The molecule has 2 amide bonds. The molecule has 0 saturated carbocycles. The lowest BCUT2D eigenvalue weighted by molar-refractivity contribution is -0.117. The minimum absolute atomic E-state index is 0.133. The van der Waals surface area contributed by atoms with Crippen LogP contribution in [0.2, 0.25) is 10.0 Å². The average Bonchev–Trinajstić information content (AvgIpc) is 3.14. The fourth-order valence-corrected chi connectivity index (χ4v) is 5.44. The van der Waals surface area contributed by atoms with Gasteiger partial charge in [-0.3, -0.25) is 14.5 Å². The summed E-state index contributed by atoms with van der Waals surface area (Å²) in [5.74, 6) is -0.807. The molecule has 0 spiro atoms. The number of hydrogen-bond acceptors (Lipinski definition) is 4. The second kappa shape index (κ2) is 10.6. The number of aryl methyl sites for hydroxylation is 2. The SMILES string of the molecule is Cc1ccc(NC(=O)/C(C#N)=C2\SC(Cc3cccc(Cl)c3Cl)C(=O)N2c2ccccc2C)cc1. The molecule has 1 N–H and O–H groups in total. The van der Waals surface area contributed by atoms with Gasteiger partial charge in [-0.1, -0.05) is 83.0 Å². The van der Waals surface area contributed by atoms with E-state index in [1.54, 1.807) is 30.3 Å². The van der Waals surface area contributed by atoms with Gasteiger partial charge in [-0.2, -0.15) is 5.26 Å². The highest BCUT2D eigenvalue weighted by Gasteiger charge is 2.41. The zero-order valence-corrected chi connectivity index (χ0v) is 21.3. The van der Waals surface area contributed by atoms with Gasteiger partial charge >= 0.3 is 0 Å². The molecular weight excluding hydrogens is 501 g/mol. The van der Waals surface area contributed by atoms with Crippen LogP contribution in [-0.2, 0) is 16.0 Å². The first kappa shape index (κ1) is 24.9. The van der Waals surface area contributed by atoms with Gasteiger partial charge in [-0.05, 0) is 55.7 Å². The number of rotatable bonds is 5. The van der Waals surface area contributed by atoms with Crippen LogP contribution >= 0.6 is 35.0 Å². The average molecular weight is 522 g/mol. The van der Waals surface area contributed by atoms with Crippen LogP contribution in [0.4, 0.5) is 11.4 Å². The molecule has 4 rings (SSSR count). The molecule has 8 heteroatoms. The summed E-state index contributed by atoms with van der Waals surface area (Å²) in [5.41, 5.74) is 3.66.